The van der Waals surface area contributed by atoms with Crippen molar-refractivity contribution in [2.24, 2.45) is 5.73 Å². The van der Waals surface area contributed by atoms with E-state index in [0.29, 0.717) is 22.8 Å². The number of nitrogens with zero attached hydrogens (tertiary/aromatic N) is 2. The fourth-order valence-electron chi connectivity index (χ4n) is 2.41. The van der Waals surface area contributed by atoms with Crippen molar-refractivity contribution in [3.05, 3.63) is 66.1 Å². The summed E-state index contributed by atoms with van der Waals surface area (Å²) in [6.07, 6.45) is 0. The second-order valence-corrected chi connectivity index (χ2v) is 6.38. The van der Waals surface area contributed by atoms with E-state index >= 15 is 0 Å². The van der Waals surface area contributed by atoms with Gasteiger partial charge in [0.05, 0.1) is 11.7 Å². The molecule has 0 bridgehead atoms. The monoisotopic (exact) mass is 394 g/mol. The first-order valence-corrected chi connectivity index (χ1v) is 8.81. The van der Waals surface area contributed by atoms with Crippen LogP contribution in [0.25, 0.3) is 11.3 Å². The van der Waals surface area contributed by atoms with Gasteiger partial charge in [0.15, 0.2) is 5.78 Å². The van der Waals surface area contributed by atoms with Gasteiger partial charge in [-0.15, -0.1) is 0 Å². The summed E-state index contributed by atoms with van der Waals surface area (Å²) in [6, 6.07) is 13.6. The van der Waals surface area contributed by atoms with Crippen LogP contribution in [0.4, 0.5) is 10.3 Å². The van der Waals surface area contributed by atoms with Crippen LogP contribution in [-0.2, 0) is 4.79 Å². The first kappa shape index (κ1) is 19.9. The predicted molar refractivity (Wildman–Crippen MR) is 106 cm³/mol. The lowest BCUT2D eigenvalue weighted by molar-refractivity contribution is -0.117. The molecule has 8 heteroatoms. The number of aromatic nitrogens is 2. The third-order valence-corrected chi connectivity index (χ3v) is 4.13. The van der Waals surface area contributed by atoms with Crippen LogP contribution in [-0.4, -0.2) is 27.7 Å². The van der Waals surface area contributed by atoms with E-state index in [-0.39, 0.29) is 23.2 Å². The molecule has 3 N–H and O–H groups in total. The Kier molecular flexibility index (Phi) is 5.82. The standard InChI is InChI=1S/C21H19FN4O3/c1-12(13(2)27)24-21-25-18(11-19(26-21)20(23)28)14-3-7-16(8-4-14)29-17-9-5-15(22)6-10-17/h3-12H,1-2H3,(H2,23,28)(H,24,25,26)/t12-/m0/s1. The quantitative estimate of drug-likeness (QED) is 0.634. The van der Waals surface area contributed by atoms with E-state index < -0.39 is 11.9 Å². The summed E-state index contributed by atoms with van der Waals surface area (Å²) in [7, 11) is 0. The summed E-state index contributed by atoms with van der Waals surface area (Å²) in [5.41, 5.74) is 6.55. The van der Waals surface area contributed by atoms with Crippen LogP contribution in [0.5, 0.6) is 11.5 Å². The molecule has 1 amide bonds. The van der Waals surface area contributed by atoms with Crippen LogP contribution in [0.15, 0.2) is 54.6 Å². The maximum atomic E-state index is 13.0. The van der Waals surface area contributed by atoms with Crippen molar-refractivity contribution in [3.8, 4) is 22.8 Å². The lowest BCUT2D eigenvalue weighted by Crippen LogP contribution is -2.25. The molecule has 148 valence electrons. The van der Waals surface area contributed by atoms with Gasteiger partial charge in [0.1, 0.15) is 23.0 Å². The van der Waals surface area contributed by atoms with E-state index in [4.69, 9.17) is 10.5 Å². The SMILES string of the molecule is CC(=O)[C@H](C)Nc1nc(C(N)=O)cc(-c2ccc(Oc3ccc(F)cc3)cc2)n1. The second-order valence-electron chi connectivity index (χ2n) is 6.38. The number of hydrogen-bond donors (Lipinski definition) is 2. The van der Waals surface area contributed by atoms with Gasteiger partial charge in [-0.05, 0) is 68.4 Å². The molecule has 0 saturated carbocycles. The zero-order valence-corrected chi connectivity index (χ0v) is 15.8. The van der Waals surface area contributed by atoms with E-state index in [1.165, 1.54) is 37.3 Å². The first-order valence-electron chi connectivity index (χ1n) is 8.81. The molecule has 1 aromatic heterocycles. The molecule has 0 aliphatic rings. The Bertz CT molecular complexity index is 1040. The molecule has 0 aliphatic carbocycles. The van der Waals surface area contributed by atoms with Crippen molar-refractivity contribution in [1.82, 2.24) is 9.97 Å². The minimum Gasteiger partial charge on any atom is -0.457 e. The molecule has 3 rings (SSSR count). The second kappa shape index (κ2) is 8.47. The zero-order chi connectivity index (χ0) is 21.0. The molecule has 0 spiro atoms. The number of ether oxygens (including phenoxy) is 1. The number of benzene rings is 2. The fourth-order valence-corrected chi connectivity index (χ4v) is 2.41. The Hall–Kier alpha value is -3.81. The molecule has 7 nitrogen and oxygen atoms in total. The number of carbonyl (C=O) groups is 2. The Labute approximate surface area is 166 Å². The zero-order valence-electron chi connectivity index (χ0n) is 15.8. The van der Waals surface area contributed by atoms with Crippen molar-refractivity contribution in [3.63, 3.8) is 0 Å². The van der Waals surface area contributed by atoms with Crippen molar-refractivity contribution in [2.75, 3.05) is 5.32 Å². The van der Waals surface area contributed by atoms with Gasteiger partial charge in [-0.25, -0.2) is 14.4 Å². The summed E-state index contributed by atoms with van der Waals surface area (Å²) in [5, 5.41) is 2.86. The van der Waals surface area contributed by atoms with E-state index in [9.17, 15) is 14.0 Å². The highest BCUT2D eigenvalue weighted by atomic mass is 19.1. The van der Waals surface area contributed by atoms with Crippen LogP contribution in [0.2, 0.25) is 0 Å². The molecule has 2 aromatic carbocycles. The molecular formula is C21H19FN4O3. The van der Waals surface area contributed by atoms with Gasteiger partial charge in [-0.3, -0.25) is 9.59 Å². The van der Waals surface area contributed by atoms with Crippen LogP contribution < -0.4 is 15.8 Å². The van der Waals surface area contributed by atoms with Crippen LogP contribution in [0.3, 0.4) is 0 Å². The number of amides is 1. The molecule has 0 unspecified atom stereocenters. The smallest absolute Gasteiger partial charge is 0.267 e. The van der Waals surface area contributed by atoms with Crippen molar-refractivity contribution in [1.29, 1.82) is 0 Å². The first-order chi connectivity index (χ1) is 13.8. The number of Topliss-reactive ketones (excluding diaryl/α,β-unsaturated/α-hetero) is 1. The highest BCUT2D eigenvalue weighted by Crippen LogP contribution is 2.26. The normalized spacial score (nSPS) is 11.6. The number of rotatable bonds is 7. The molecule has 0 saturated heterocycles. The third kappa shape index (κ3) is 5.13. The van der Waals surface area contributed by atoms with Crippen LogP contribution in [0.1, 0.15) is 24.3 Å². The number of nitrogens with two attached hydrogens (primary N) is 1. The van der Waals surface area contributed by atoms with E-state index in [2.05, 4.69) is 15.3 Å². The maximum absolute atomic E-state index is 13.0. The molecule has 0 aliphatic heterocycles. The van der Waals surface area contributed by atoms with Crippen molar-refractivity contribution in [2.45, 2.75) is 19.9 Å². The fraction of sp³-hybridized carbons (Fsp3) is 0.143. The predicted octanol–water partition coefficient (Wildman–Crippen LogP) is 3.56. The van der Waals surface area contributed by atoms with Gasteiger partial charge >= 0.3 is 0 Å². The summed E-state index contributed by atoms with van der Waals surface area (Å²) in [6.45, 7) is 3.11. The molecule has 1 atom stereocenters. The number of primary amides is 1. The van der Waals surface area contributed by atoms with Crippen LogP contribution in [0, 0.1) is 5.82 Å². The molecule has 29 heavy (non-hydrogen) atoms. The topological polar surface area (TPSA) is 107 Å². The number of anilines is 1. The van der Waals surface area contributed by atoms with Gasteiger partial charge in [-0.2, -0.15) is 0 Å². The van der Waals surface area contributed by atoms with Gasteiger partial charge in [0, 0.05) is 5.56 Å². The van der Waals surface area contributed by atoms with Crippen molar-refractivity contribution >= 4 is 17.6 Å². The minimum atomic E-state index is -0.705. The summed E-state index contributed by atoms with van der Waals surface area (Å²) in [5.74, 6) is 0.0382. The lowest BCUT2D eigenvalue weighted by Gasteiger charge is -2.12. The number of carbonyl (C=O) groups excluding carboxylic acids is 2. The largest absolute Gasteiger partial charge is 0.457 e. The van der Waals surface area contributed by atoms with Gasteiger partial charge in [0.25, 0.3) is 5.91 Å². The molecule has 0 radical (unpaired) electrons. The number of nitrogens with one attached hydrogen (secondary N) is 1. The third-order valence-electron chi connectivity index (χ3n) is 4.13. The average Bonchev–Trinajstić information content (AvgIpc) is 2.70. The van der Waals surface area contributed by atoms with Crippen LogP contribution >= 0.6 is 0 Å². The highest BCUT2D eigenvalue weighted by molar-refractivity contribution is 5.92. The lowest BCUT2D eigenvalue weighted by atomic mass is 10.1. The number of hydrogen-bond acceptors (Lipinski definition) is 6. The molecule has 1 heterocycles. The Morgan fingerprint density at radius 3 is 2.17 bits per heavy atom. The number of ketones is 1. The number of halogens is 1. The van der Waals surface area contributed by atoms with E-state index in [1.807, 2.05) is 0 Å². The molecule has 0 fully saturated rings. The summed E-state index contributed by atoms with van der Waals surface area (Å²) < 4.78 is 18.7. The molecular weight excluding hydrogens is 375 g/mol. The Balaban J connectivity index is 1.86. The Morgan fingerprint density at radius 1 is 1.03 bits per heavy atom. The highest BCUT2D eigenvalue weighted by Gasteiger charge is 2.14. The van der Waals surface area contributed by atoms with E-state index in [0.717, 1.165) is 0 Å². The minimum absolute atomic E-state index is 0.0277. The van der Waals surface area contributed by atoms with Gasteiger partial charge in [-0.1, -0.05) is 0 Å². The maximum Gasteiger partial charge on any atom is 0.267 e. The summed E-state index contributed by atoms with van der Waals surface area (Å²) in [4.78, 5) is 31.5. The van der Waals surface area contributed by atoms with Gasteiger partial charge in [0.2, 0.25) is 5.95 Å². The molecule has 3 aromatic rings. The Morgan fingerprint density at radius 2 is 1.62 bits per heavy atom. The average molecular weight is 394 g/mol. The van der Waals surface area contributed by atoms with Gasteiger partial charge < -0.3 is 15.8 Å². The van der Waals surface area contributed by atoms with Crippen molar-refractivity contribution < 1.29 is 18.7 Å². The van der Waals surface area contributed by atoms with E-state index in [1.54, 1.807) is 31.2 Å². The summed E-state index contributed by atoms with van der Waals surface area (Å²) >= 11 is 0.